The number of carbonyl (C=O) groups excluding carboxylic acids is 1. The molecule has 2 nitrogen and oxygen atoms in total. The molecule has 0 saturated carbocycles. The van der Waals surface area contributed by atoms with E-state index >= 15 is 0 Å². The van der Waals surface area contributed by atoms with Crippen molar-refractivity contribution >= 4 is 17.2 Å². The number of carbonyl (C=O) groups is 1. The normalized spacial score (nSPS) is 11.6. The molecule has 0 aliphatic rings. The van der Waals surface area contributed by atoms with Gasteiger partial charge in [0, 0.05) is 22.7 Å². The molecule has 3 aromatic rings. The Balaban J connectivity index is 2.28. The molecule has 1 heterocycles. The van der Waals surface area contributed by atoms with E-state index in [-0.39, 0.29) is 0 Å². The minimum Gasteiger partial charge on any atom is -0.298 e. The highest BCUT2D eigenvalue weighted by atomic mass is 19.4. The third kappa shape index (κ3) is 2.57. The predicted molar refractivity (Wildman–Crippen MR) is 77.6 cm³/mol. The fraction of sp³-hybridized carbons (Fsp3) is 0.0588. The van der Waals surface area contributed by atoms with Gasteiger partial charge in [-0.25, -0.2) is 0 Å². The second-order valence-electron chi connectivity index (χ2n) is 4.84. The zero-order valence-corrected chi connectivity index (χ0v) is 11.3. The lowest BCUT2D eigenvalue weighted by Crippen LogP contribution is -2.04. The quantitative estimate of drug-likeness (QED) is 0.640. The van der Waals surface area contributed by atoms with Gasteiger partial charge in [0.1, 0.15) is 6.29 Å². The number of pyridine rings is 1. The zero-order chi connectivity index (χ0) is 15.7. The van der Waals surface area contributed by atoms with Crippen LogP contribution in [-0.4, -0.2) is 11.3 Å². The minimum atomic E-state index is -4.42. The Hall–Kier alpha value is -2.69. The van der Waals surface area contributed by atoms with Crippen LogP contribution in [0.1, 0.15) is 15.9 Å². The molecule has 2 aromatic carbocycles. The summed E-state index contributed by atoms with van der Waals surface area (Å²) < 4.78 is 38.6. The van der Waals surface area contributed by atoms with Gasteiger partial charge in [0.25, 0.3) is 0 Å². The molecule has 22 heavy (non-hydrogen) atoms. The molecule has 0 amide bonds. The highest BCUT2D eigenvalue weighted by molar-refractivity contribution is 5.98. The Morgan fingerprint density at radius 3 is 2.55 bits per heavy atom. The van der Waals surface area contributed by atoms with Gasteiger partial charge in [-0.1, -0.05) is 18.2 Å². The van der Waals surface area contributed by atoms with Crippen LogP contribution in [0.25, 0.3) is 22.0 Å². The molecular formula is C17H10F3NO. The van der Waals surface area contributed by atoms with Gasteiger partial charge in [-0.3, -0.25) is 9.78 Å². The van der Waals surface area contributed by atoms with Gasteiger partial charge < -0.3 is 0 Å². The molecule has 1 aromatic heterocycles. The van der Waals surface area contributed by atoms with E-state index in [0.29, 0.717) is 33.9 Å². The monoisotopic (exact) mass is 301 g/mol. The van der Waals surface area contributed by atoms with Crippen LogP contribution in [0.5, 0.6) is 0 Å². The van der Waals surface area contributed by atoms with Crippen LogP contribution >= 0.6 is 0 Å². The summed E-state index contributed by atoms with van der Waals surface area (Å²) in [4.78, 5) is 15.3. The summed E-state index contributed by atoms with van der Waals surface area (Å²) in [5.74, 6) is 0. The highest BCUT2D eigenvalue weighted by Crippen LogP contribution is 2.34. The van der Waals surface area contributed by atoms with Crippen LogP contribution in [0.2, 0.25) is 0 Å². The van der Waals surface area contributed by atoms with Gasteiger partial charge in [0.15, 0.2) is 0 Å². The molecule has 0 bridgehead atoms. The van der Waals surface area contributed by atoms with Crippen molar-refractivity contribution in [1.82, 2.24) is 4.98 Å². The number of fused-ring (bicyclic) bond motifs is 1. The van der Waals surface area contributed by atoms with Crippen molar-refractivity contribution in [3.05, 3.63) is 65.9 Å². The molecule has 0 radical (unpaired) electrons. The van der Waals surface area contributed by atoms with Gasteiger partial charge in [-0.15, -0.1) is 0 Å². The number of nitrogens with zero attached hydrogens (tertiary/aromatic N) is 1. The molecule has 0 spiro atoms. The van der Waals surface area contributed by atoms with E-state index in [1.807, 2.05) is 0 Å². The SMILES string of the molecule is O=Cc1cc(-c2cccc(C(F)(F)F)c2)c2ncccc2c1. The molecule has 0 aliphatic carbocycles. The van der Waals surface area contributed by atoms with Gasteiger partial charge in [-0.2, -0.15) is 13.2 Å². The number of benzene rings is 2. The minimum absolute atomic E-state index is 0.377. The number of alkyl halides is 3. The van der Waals surface area contributed by atoms with Crippen LogP contribution in [-0.2, 0) is 6.18 Å². The second kappa shape index (κ2) is 5.26. The van der Waals surface area contributed by atoms with Gasteiger partial charge >= 0.3 is 6.18 Å². The van der Waals surface area contributed by atoms with Gasteiger partial charge in [0.05, 0.1) is 11.1 Å². The Kier molecular flexibility index (Phi) is 3.41. The van der Waals surface area contributed by atoms with Crippen LogP contribution in [0.3, 0.4) is 0 Å². The molecule has 3 rings (SSSR count). The lowest BCUT2D eigenvalue weighted by molar-refractivity contribution is -0.137. The van der Waals surface area contributed by atoms with Crippen LogP contribution in [0, 0.1) is 0 Å². The van der Waals surface area contributed by atoms with Crippen molar-refractivity contribution in [2.24, 2.45) is 0 Å². The van der Waals surface area contributed by atoms with Gasteiger partial charge in [-0.05, 0) is 35.9 Å². The standard InChI is InChI=1S/C17H10F3NO/c18-17(19,20)14-5-1-3-12(9-14)15-8-11(10-22)7-13-4-2-6-21-16(13)15/h1-10H. The molecule has 0 aliphatic heterocycles. The number of aromatic nitrogens is 1. The first-order valence-electron chi connectivity index (χ1n) is 6.50. The molecule has 0 unspecified atom stereocenters. The van der Waals surface area contributed by atoms with Crippen LogP contribution in [0.4, 0.5) is 13.2 Å². The largest absolute Gasteiger partial charge is 0.416 e. The summed E-state index contributed by atoms with van der Waals surface area (Å²) in [5.41, 5.74) is 1.11. The lowest BCUT2D eigenvalue weighted by Gasteiger charge is -2.11. The van der Waals surface area contributed by atoms with Gasteiger partial charge in [0.2, 0.25) is 0 Å². The number of halogens is 3. The fourth-order valence-electron chi connectivity index (χ4n) is 2.37. The molecular weight excluding hydrogens is 291 g/mol. The molecule has 0 fully saturated rings. The maximum atomic E-state index is 12.9. The summed E-state index contributed by atoms with van der Waals surface area (Å²) in [5, 5.41) is 0.708. The Morgan fingerprint density at radius 2 is 1.82 bits per heavy atom. The summed E-state index contributed by atoms with van der Waals surface area (Å²) in [6.45, 7) is 0. The first-order valence-corrected chi connectivity index (χ1v) is 6.50. The van der Waals surface area contributed by atoms with E-state index in [2.05, 4.69) is 4.98 Å². The van der Waals surface area contributed by atoms with Crippen molar-refractivity contribution < 1.29 is 18.0 Å². The van der Waals surface area contributed by atoms with Crippen molar-refractivity contribution in [3.63, 3.8) is 0 Å². The molecule has 0 saturated heterocycles. The average Bonchev–Trinajstić information content (AvgIpc) is 2.53. The maximum Gasteiger partial charge on any atom is 0.416 e. The maximum absolute atomic E-state index is 12.9. The molecule has 0 N–H and O–H groups in total. The first kappa shape index (κ1) is 14.3. The third-order valence-electron chi connectivity index (χ3n) is 3.36. The topological polar surface area (TPSA) is 30.0 Å². The van der Waals surface area contributed by atoms with Crippen molar-refractivity contribution in [1.29, 1.82) is 0 Å². The third-order valence-corrected chi connectivity index (χ3v) is 3.36. The first-order chi connectivity index (χ1) is 10.5. The smallest absolute Gasteiger partial charge is 0.298 e. The molecule has 110 valence electrons. The molecule has 5 heteroatoms. The summed E-state index contributed by atoms with van der Waals surface area (Å²) in [7, 11) is 0. The zero-order valence-electron chi connectivity index (χ0n) is 11.3. The number of aldehydes is 1. The van der Waals surface area contributed by atoms with E-state index in [0.717, 1.165) is 12.1 Å². The van der Waals surface area contributed by atoms with E-state index < -0.39 is 11.7 Å². The Bertz CT molecular complexity index is 856. The van der Waals surface area contributed by atoms with E-state index in [4.69, 9.17) is 0 Å². The van der Waals surface area contributed by atoms with E-state index in [9.17, 15) is 18.0 Å². The Labute approximate surface area is 124 Å². The summed E-state index contributed by atoms with van der Waals surface area (Å²) in [6, 6.07) is 11.7. The summed E-state index contributed by atoms with van der Waals surface area (Å²) in [6.07, 6.45) is -2.18. The Morgan fingerprint density at radius 1 is 1.00 bits per heavy atom. The number of hydrogen-bond donors (Lipinski definition) is 0. The van der Waals surface area contributed by atoms with Crippen molar-refractivity contribution in [2.75, 3.05) is 0 Å². The van der Waals surface area contributed by atoms with E-state index in [1.54, 1.807) is 36.5 Å². The number of rotatable bonds is 2. The van der Waals surface area contributed by atoms with E-state index in [1.165, 1.54) is 6.07 Å². The number of hydrogen-bond acceptors (Lipinski definition) is 2. The lowest BCUT2D eigenvalue weighted by atomic mass is 9.98. The summed E-state index contributed by atoms with van der Waals surface area (Å²) >= 11 is 0. The fourth-order valence-corrected chi connectivity index (χ4v) is 2.37. The average molecular weight is 301 g/mol. The second-order valence-corrected chi connectivity index (χ2v) is 4.84. The molecule has 0 atom stereocenters. The van der Waals surface area contributed by atoms with Crippen molar-refractivity contribution in [2.45, 2.75) is 6.18 Å². The highest BCUT2D eigenvalue weighted by Gasteiger charge is 2.30. The predicted octanol–water partition coefficient (Wildman–Crippen LogP) is 4.73. The van der Waals surface area contributed by atoms with Crippen LogP contribution < -0.4 is 0 Å². The van der Waals surface area contributed by atoms with Crippen LogP contribution in [0.15, 0.2) is 54.7 Å². The van der Waals surface area contributed by atoms with Crippen molar-refractivity contribution in [3.8, 4) is 11.1 Å².